The van der Waals surface area contributed by atoms with E-state index in [9.17, 15) is 9.59 Å². The van der Waals surface area contributed by atoms with Crippen molar-refractivity contribution in [2.24, 2.45) is 0 Å². The van der Waals surface area contributed by atoms with E-state index in [0.29, 0.717) is 44.3 Å². The lowest BCUT2D eigenvalue weighted by atomic mass is 10.1. The maximum Gasteiger partial charge on any atom is 0.344 e. The van der Waals surface area contributed by atoms with Gasteiger partial charge in [0, 0.05) is 16.5 Å². The summed E-state index contributed by atoms with van der Waals surface area (Å²) in [5, 5.41) is 7.07. The number of nitrogens with one attached hydrogen (secondary N) is 2. The summed E-state index contributed by atoms with van der Waals surface area (Å²) >= 11 is 0. The van der Waals surface area contributed by atoms with Crippen LogP contribution < -0.4 is 21.0 Å². The predicted octanol–water partition coefficient (Wildman–Crippen LogP) is 4.74. The summed E-state index contributed by atoms with van der Waals surface area (Å²) in [7, 11) is 1.55. The first kappa shape index (κ1) is 17.7. The number of aromatic nitrogens is 1. The zero-order chi connectivity index (χ0) is 20.7. The number of anilines is 2. The molecule has 2 aromatic heterocycles. The van der Waals surface area contributed by atoms with Crippen molar-refractivity contribution in [1.82, 2.24) is 4.98 Å². The Hall–Kier alpha value is -4.33. The van der Waals surface area contributed by atoms with Crippen molar-refractivity contribution >= 4 is 50.6 Å². The molecule has 2 N–H and O–H groups in total. The molecule has 0 aliphatic carbocycles. The van der Waals surface area contributed by atoms with Crippen LogP contribution in [-0.4, -0.2) is 18.1 Å². The van der Waals surface area contributed by atoms with Crippen LogP contribution in [0.1, 0.15) is 0 Å². The number of benzene rings is 3. The highest BCUT2D eigenvalue weighted by Crippen LogP contribution is 2.28. The molecule has 0 spiro atoms. The molecule has 5 rings (SSSR count). The van der Waals surface area contributed by atoms with Crippen molar-refractivity contribution in [2.75, 3.05) is 17.7 Å². The zero-order valence-corrected chi connectivity index (χ0v) is 15.8. The molecule has 3 aromatic carbocycles. The highest BCUT2D eigenvalue weighted by molar-refractivity contribution is 6.07. The second-order valence-corrected chi connectivity index (χ2v) is 6.58. The Bertz CT molecular complexity index is 1450. The van der Waals surface area contributed by atoms with Gasteiger partial charge in [0.05, 0.1) is 12.5 Å². The third-order valence-electron chi connectivity index (χ3n) is 4.69. The molecule has 0 aliphatic heterocycles. The van der Waals surface area contributed by atoms with Gasteiger partial charge >= 0.3 is 17.7 Å². The lowest BCUT2D eigenvalue weighted by molar-refractivity contribution is 0.261. The molecular weight excluding hydrogens is 386 g/mol. The molecule has 5 aromatic rings. The summed E-state index contributed by atoms with van der Waals surface area (Å²) in [6.45, 7) is 0. The van der Waals surface area contributed by atoms with E-state index in [4.69, 9.17) is 13.6 Å². The predicted molar refractivity (Wildman–Crippen MR) is 113 cm³/mol. The Kier molecular flexibility index (Phi) is 4.10. The first-order valence-electron chi connectivity index (χ1n) is 9.09. The fourth-order valence-electron chi connectivity index (χ4n) is 3.30. The van der Waals surface area contributed by atoms with Gasteiger partial charge in [-0.25, -0.2) is 9.59 Å². The van der Waals surface area contributed by atoms with E-state index in [1.165, 1.54) is 0 Å². The van der Waals surface area contributed by atoms with Crippen LogP contribution in [-0.2, 0) is 0 Å². The Morgan fingerprint density at radius 3 is 2.60 bits per heavy atom. The first-order chi connectivity index (χ1) is 14.6. The number of para-hydroxylation sites is 2. The van der Waals surface area contributed by atoms with Crippen molar-refractivity contribution in [3.63, 3.8) is 0 Å². The number of amides is 2. The van der Waals surface area contributed by atoms with Gasteiger partial charge in [0.2, 0.25) is 0 Å². The molecule has 0 aliphatic rings. The van der Waals surface area contributed by atoms with E-state index in [0.717, 1.165) is 0 Å². The Morgan fingerprint density at radius 1 is 0.900 bits per heavy atom. The van der Waals surface area contributed by atoms with Crippen molar-refractivity contribution < 1.29 is 18.4 Å². The van der Waals surface area contributed by atoms with Gasteiger partial charge in [0.25, 0.3) is 0 Å². The average Bonchev–Trinajstić information content (AvgIpc) is 3.16. The molecule has 0 radical (unpaired) electrons. The van der Waals surface area contributed by atoms with Gasteiger partial charge in [0.1, 0.15) is 16.8 Å². The Morgan fingerprint density at radius 2 is 1.77 bits per heavy atom. The number of urea groups is 1. The smallest absolute Gasteiger partial charge is 0.344 e. The summed E-state index contributed by atoms with van der Waals surface area (Å²) in [6, 6.07) is 16.9. The van der Waals surface area contributed by atoms with Crippen LogP contribution in [0.25, 0.3) is 32.8 Å². The molecule has 148 valence electrons. The normalized spacial score (nSPS) is 11.1. The van der Waals surface area contributed by atoms with Crippen LogP contribution in [0.4, 0.5) is 16.5 Å². The summed E-state index contributed by atoms with van der Waals surface area (Å²) in [6.07, 6.45) is 0. The van der Waals surface area contributed by atoms with E-state index in [2.05, 4.69) is 15.6 Å². The zero-order valence-electron chi connectivity index (χ0n) is 15.8. The van der Waals surface area contributed by atoms with Gasteiger partial charge in [-0.15, -0.1) is 0 Å². The molecule has 0 atom stereocenters. The van der Waals surface area contributed by atoms with Crippen LogP contribution in [0.15, 0.2) is 74.3 Å². The standard InChI is InChI=1S/C22H15N3O5/c1-28-13-7-8-14-15(11-13)16-10-12(6-9-18(16)29-20(14)26)23-21(27)25-22-24-17-4-2-3-5-19(17)30-22/h2-11H,1H3,(H2,23,24,25,27). The fraction of sp³-hybridized carbons (Fsp3) is 0.0455. The number of rotatable bonds is 3. The second-order valence-electron chi connectivity index (χ2n) is 6.58. The highest BCUT2D eigenvalue weighted by Gasteiger charge is 2.12. The lowest BCUT2D eigenvalue weighted by Crippen LogP contribution is -2.19. The van der Waals surface area contributed by atoms with E-state index in [-0.39, 0.29) is 6.01 Å². The Balaban J connectivity index is 1.48. The highest BCUT2D eigenvalue weighted by atomic mass is 16.5. The van der Waals surface area contributed by atoms with Gasteiger partial charge in [-0.3, -0.25) is 5.32 Å². The topological polar surface area (TPSA) is 107 Å². The van der Waals surface area contributed by atoms with Crippen molar-refractivity contribution in [1.29, 1.82) is 0 Å². The van der Waals surface area contributed by atoms with E-state index in [1.807, 2.05) is 12.1 Å². The third-order valence-corrected chi connectivity index (χ3v) is 4.69. The van der Waals surface area contributed by atoms with Gasteiger partial charge in [-0.1, -0.05) is 12.1 Å². The number of ether oxygens (including phenoxy) is 1. The Labute approximate surface area is 169 Å². The number of oxazole rings is 1. The number of carbonyl (C=O) groups excluding carboxylic acids is 1. The number of hydrogen-bond donors (Lipinski definition) is 2. The molecule has 0 bridgehead atoms. The van der Waals surface area contributed by atoms with E-state index in [1.54, 1.807) is 55.6 Å². The van der Waals surface area contributed by atoms with Gasteiger partial charge in [0.15, 0.2) is 5.58 Å². The molecule has 30 heavy (non-hydrogen) atoms. The molecule has 2 amide bonds. The summed E-state index contributed by atoms with van der Waals surface area (Å²) in [5.74, 6) is 0.612. The monoisotopic (exact) mass is 401 g/mol. The molecule has 0 saturated heterocycles. The van der Waals surface area contributed by atoms with Crippen molar-refractivity contribution in [2.45, 2.75) is 0 Å². The van der Waals surface area contributed by atoms with Gasteiger partial charge in [-0.05, 0) is 48.5 Å². The third kappa shape index (κ3) is 3.10. The SMILES string of the molecule is COc1ccc2c(=O)oc3ccc(NC(=O)Nc4nc5ccccc5o4)cc3c2c1. The minimum Gasteiger partial charge on any atom is -0.497 e. The van der Waals surface area contributed by atoms with Crippen LogP contribution in [0, 0.1) is 0 Å². The summed E-state index contributed by atoms with van der Waals surface area (Å²) in [4.78, 5) is 28.8. The number of fused-ring (bicyclic) bond motifs is 4. The lowest BCUT2D eigenvalue weighted by Gasteiger charge is -2.08. The van der Waals surface area contributed by atoms with Crippen LogP contribution in [0.2, 0.25) is 0 Å². The summed E-state index contributed by atoms with van der Waals surface area (Å²) < 4.78 is 16.2. The maximum atomic E-state index is 12.4. The average molecular weight is 401 g/mol. The number of methoxy groups -OCH3 is 1. The number of nitrogens with zero attached hydrogens (tertiary/aromatic N) is 1. The molecular formula is C22H15N3O5. The van der Waals surface area contributed by atoms with E-state index >= 15 is 0 Å². The van der Waals surface area contributed by atoms with Gasteiger partial charge in [-0.2, -0.15) is 4.98 Å². The maximum absolute atomic E-state index is 12.4. The largest absolute Gasteiger partial charge is 0.497 e. The molecule has 8 nitrogen and oxygen atoms in total. The molecule has 0 saturated carbocycles. The molecule has 2 heterocycles. The minimum atomic E-state index is -0.514. The first-order valence-corrected chi connectivity index (χ1v) is 9.09. The molecule has 8 heteroatoms. The van der Waals surface area contributed by atoms with Crippen molar-refractivity contribution in [3.8, 4) is 5.75 Å². The second kappa shape index (κ2) is 6.93. The molecule has 0 fully saturated rings. The molecule has 0 unspecified atom stereocenters. The van der Waals surface area contributed by atoms with Crippen LogP contribution in [0.3, 0.4) is 0 Å². The van der Waals surface area contributed by atoms with Gasteiger partial charge < -0.3 is 18.9 Å². The number of carbonyl (C=O) groups is 1. The fourth-order valence-corrected chi connectivity index (χ4v) is 3.30. The van der Waals surface area contributed by atoms with Crippen LogP contribution >= 0.6 is 0 Å². The summed E-state index contributed by atoms with van der Waals surface area (Å²) in [5.41, 5.74) is 1.71. The quantitative estimate of drug-likeness (QED) is 0.334. The minimum absolute atomic E-state index is 0.0932. The number of hydrogen-bond acceptors (Lipinski definition) is 6. The van der Waals surface area contributed by atoms with Crippen molar-refractivity contribution in [3.05, 3.63) is 71.1 Å². The van der Waals surface area contributed by atoms with E-state index < -0.39 is 11.7 Å². The van der Waals surface area contributed by atoms with Crippen LogP contribution in [0.5, 0.6) is 5.75 Å².